The highest BCUT2D eigenvalue weighted by molar-refractivity contribution is 9.10. The molecule has 2 aromatic rings. The van der Waals surface area contributed by atoms with Crippen LogP contribution in [0.4, 0.5) is 0 Å². The lowest BCUT2D eigenvalue weighted by Crippen LogP contribution is -2.18. The number of nitrogens with one attached hydrogen (secondary N) is 1. The summed E-state index contributed by atoms with van der Waals surface area (Å²) in [7, 11) is 1.69. The Morgan fingerprint density at radius 3 is 2.71 bits per heavy atom. The zero-order chi connectivity index (χ0) is 15.4. The Morgan fingerprint density at radius 1 is 1.38 bits per heavy atom. The molecule has 0 aliphatic rings. The summed E-state index contributed by atoms with van der Waals surface area (Å²) < 4.78 is 7.93. The molecule has 0 saturated heterocycles. The van der Waals surface area contributed by atoms with Crippen molar-refractivity contribution in [2.75, 3.05) is 20.3 Å². The lowest BCUT2D eigenvalue weighted by atomic mass is 10.2. The lowest BCUT2D eigenvalue weighted by Gasteiger charge is -2.10. The smallest absolute Gasteiger partial charge is 0.0743 e. The SMILES string of the molecule is COCCNCc1ccc(-n2nc(C)c(Br)c2C)cc1Cl. The Morgan fingerprint density at radius 2 is 2.14 bits per heavy atom. The molecular formula is C15H19BrClN3O. The molecule has 0 atom stereocenters. The average Bonchev–Trinajstić information content (AvgIpc) is 2.72. The molecule has 1 aromatic heterocycles. The average molecular weight is 373 g/mol. The van der Waals surface area contributed by atoms with Crippen molar-refractivity contribution >= 4 is 27.5 Å². The largest absolute Gasteiger partial charge is 0.383 e. The molecule has 114 valence electrons. The van der Waals surface area contributed by atoms with E-state index in [-0.39, 0.29) is 0 Å². The van der Waals surface area contributed by atoms with Gasteiger partial charge >= 0.3 is 0 Å². The van der Waals surface area contributed by atoms with Gasteiger partial charge in [-0.25, -0.2) is 4.68 Å². The quantitative estimate of drug-likeness (QED) is 0.787. The molecule has 0 aliphatic carbocycles. The molecule has 1 N–H and O–H groups in total. The molecular weight excluding hydrogens is 354 g/mol. The minimum atomic E-state index is 0.690. The first-order valence-corrected chi connectivity index (χ1v) is 7.92. The van der Waals surface area contributed by atoms with Gasteiger partial charge in [0.15, 0.2) is 0 Å². The summed E-state index contributed by atoms with van der Waals surface area (Å²) >= 11 is 9.91. The van der Waals surface area contributed by atoms with E-state index >= 15 is 0 Å². The van der Waals surface area contributed by atoms with Crippen LogP contribution in [0, 0.1) is 13.8 Å². The molecule has 0 saturated carbocycles. The van der Waals surface area contributed by atoms with Crippen LogP contribution in [0.2, 0.25) is 5.02 Å². The van der Waals surface area contributed by atoms with Crippen molar-refractivity contribution < 1.29 is 4.74 Å². The maximum atomic E-state index is 6.37. The second-order valence-corrected chi connectivity index (χ2v) is 6.04. The number of hydrogen-bond donors (Lipinski definition) is 1. The molecule has 2 rings (SSSR count). The van der Waals surface area contributed by atoms with Crippen LogP contribution in [0.5, 0.6) is 0 Å². The number of methoxy groups -OCH3 is 1. The first-order valence-electron chi connectivity index (χ1n) is 6.74. The topological polar surface area (TPSA) is 39.1 Å². The third-order valence-electron chi connectivity index (χ3n) is 3.28. The van der Waals surface area contributed by atoms with Gasteiger partial charge in [0.25, 0.3) is 0 Å². The van der Waals surface area contributed by atoms with Crippen molar-refractivity contribution in [3.63, 3.8) is 0 Å². The van der Waals surface area contributed by atoms with E-state index in [1.54, 1.807) is 7.11 Å². The van der Waals surface area contributed by atoms with E-state index in [2.05, 4.69) is 26.3 Å². The molecule has 0 fully saturated rings. The fourth-order valence-electron chi connectivity index (χ4n) is 2.08. The summed E-state index contributed by atoms with van der Waals surface area (Å²) in [4.78, 5) is 0. The van der Waals surface area contributed by atoms with Crippen molar-refractivity contribution in [2.45, 2.75) is 20.4 Å². The van der Waals surface area contributed by atoms with Gasteiger partial charge in [0.2, 0.25) is 0 Å². The highest BCUT2D eigenvalue weighted by atomic mass is 79.9. The van der Waals surface area contributed by atoms with Gasteiger partial charge in [0, 0.05) is 25.2 Å². The summed E-state index contributed by atoms with van der Waals surface area (Å²) in [5.74, 6) is 0. The molecule has 0 radical (unpaired) electrons. The number of hydrogen-bond acceptors (Lipinski definition) is 3. The minimum absolute atomic E-state index is 0.690. The molecule has 6 heteroatoms. The van der Waals surface area contributed by atoms with Gasteiger partial charge in [-0.05, 0) is 47.5 Å². The van der Waals surface area contributed by atoms with Gasteiger partial charge in [0.1, 0.15) is 0 Å². The number of halogens is 2. The lowest BCUT2D eigenvalue weighted by molar-refractivity contribution is 0.199. The molecule has 0 spiro atoms. The fraction of sp³-hybridized carbons (Fsp3) is 0.400. The summed E-state index contributed by atoms with van der Waals surface area (Å²) in [6.45, 7) is 6.22. The number of rotatable bonds is 6. The minimum Gasteiger partial charge on any atom is -0.383 e. The second kappa shape index (κ2) is 7.40. The van der Waals surface area contributed by atoms with E-state index in [0.717, 1.165) is 45.2 Å². The number of aromatic nitrogens is 2. The monoisotopic (exact) mass is 371 g/mol. The second-order valence-electron chi connectivity index (χ2n) is 4.84. The molecule has 1 heterocycles. The van der Waals surface area contributed by atoms with E-state index in [1.807, 2.05) is 36.7 Å². The molecule has 21 heavy (non-hydrogen) atoms. The van der Waals surface area contributed by atoms with E-state index in [9.17, 15) is 0 Å². The number of aryl methyl sites for hydroxylation is 1. The Bertz CT molecular complexity index is 628. The van der Waals surface area contributed by atoms with Gasteiger partial charge in [-0.15, -0.1) is 0 Å². The predicted molar refractivity (Wildman–Crippen MR) is 89.3 cm³/mol. The van der Waals surface area contributed by atoms with Crippen LogP contribution in [-0.2, 0) is 11.3 Å². The molecule has 1 aromatic carbocycles. The third kappa shape index (κ3) is 3.86. The van der Waals surface area contributed by atoms with Crippen molar-refractivity contribution in [3.05, 3.63) is 44.6 Å². The maximum absolute atomic E-state index is 6.37. The van der Waals surface area contributed by atoms with E-state index in [4.69, 9.17) is 16.3 Å². The van der Waals surface area contributed by atoms with Crippen LogP contribution in [0.1, 0.15) is 17.0 Å². The van der Waals surface area contributed by atoms with Gasteiger partial charge in [-0.2, -0.15) is 5.10 Å². The number of ether oxygens (including phenoxy) is 1. The number of benzene rings is 1. The van der Waals surface area contributed by atoms with Gasteiger partial charge < -0.3 is 10.1 Å². The Kier molecular flexibility index (Phi) is 5.81. The van der Waals surface area contributed by atoms with Crippen molar-refractivity contribution in [3.8, 4) is 5.69 Å². The van der Waals surface area contributed by atoms with Crippen LogP contribution in [-0.4, -0.2) is 30.0 Å². The van der Waals surface area contributed by atoms with Gasteiger partial charge in [-0.1, -0.05) is 17.7 Å². The van der Waals surface area contributed by atoms with Crippen molar-refractivity contribution in [1.82, 2.24) is 15.1 Å². The summed E-state index contributed by atoms with van der Waals surface area (Å²) in [5.41, 5.74) is 4.06. The fourth-order valence-corrected chi connectivity index (χ4v) is 2.57. The van der Waals surface area contributed by atoms with Crippen LogP contribution in [0.3, 0.4) is 0 Å². The van der Waals surface area contributed by atoms with Crippen LogP contribution >= 0.6 is 27.5 Å². The van der Waals surface area contributed by atoms with E-state index < -0.39 is 0 Å². The molecule has 0 aliphatic heterocycles. The summed E-state index contributed by atoms with van der Waals surface area (Å²) in [5, 5.41) is 8.54. The first kappa shape index (κ1) is 16.5. The molecule has 0 bridgehead atoms. The predicted octanol–water partition coefficient (Wildman–Crippen LogP) is 3.64. The van der Waals surface area contributed by atoms with Crippen molar-refractivity contribution in [2.24, 2.45) is 0 Å². The zero-order valence-electron chi connectivity index (χ0n) is 12.4. The Balaban J connectivity index is 2.16. The first-order chi connectivity index (χ1) is 10.0. The highest BCUT2D eigenvalue weighted by Crippen LogP contribution is 2.25. The summed E-state index contributed by atoms with van der Waals surface area (Å²) in [6.07, 6.45) is 0. The van der Waals surface area contributed by atoms with Crippen LogP contribution in [0.15, 0.2) is 22.7 Å². The maximum Gasteiger partial charge on any atom is 0.0743 e. The molecule has 0 unspecified atom stereocenters. The van der Waals surface area contributed by atoms with Gasteiger partial charge in [0.05, 0.1) is 28.2 Å². The number of nitrogens with zero attached hydrogens (tertiary/aromatic N) is 2. The van der Waals surface area contributed by atoms with Gasteiger partial charge in [-0.3, -0.25) is 0 Å². The van der Waals surface area contributed by atoms with E-state index in [0.29, 0.717) is 6.61 Å². The van der Waals surface area contributed by atoms with Crippen LogP contribution < -0.4 is 5.32 Å². The molecule has 4 nitrogen and oxygen atoms in total. The Labute approximate surface area is 138 Å². The van der Waals surface area contributed by atoms with E-state index in [1.165, 1.54) is 0 Å². The van der Waals surface area contributed by atoms with Crippen LogP contribution in [0.25, 0.3) is 5.69 Å². The normalized spacial score (nSPS) is 11.1. The zero-order valence-corrected chi connectivity index (χ0v) is 14.8. The summed E-state index contributed by atoms with van der Waals surface area (Å²) in [6, 6.07) is 6.01. The highest BCUT2D eigenvalue weighted by Gasteiger charge is 2.11. The standard InChI is InChI=1S/C15H19BrClN3O/c1-10-15(16)11(2)20(19-10)13-5-4-12(14(17)8-13)9-18-6-7-21-3/h4-5,8,18H,6-7,9H2,1-3H3. The third-order valence-corrected chi connectivity index (χ3v) is 4.78. The Hall–Kier alpha value is -0.880. The van der Waals surface area contributed by atoms with Crippen molar-refractivity contribution in [1.29, 1.82) is 0 Å². The molecule has 0 amide bonds.